The molecule has 2 saturated heterocycles. The Bertz CT molecular complexity index is 526. The summed E-state index contributed by atoms with van der Waals surface area (Å²) in [6.45, 7) is 3.83. The van der Waals surface area contributed by atoms with Crippen LogP contribution < -0.4 is 0 Å². The Morgan fingerprint density at radius 2 is 2.14 bits per heavy atom. The molecule has 0 N–H and O–H groups in total. The van der Waals surface area contributed by atoms with Crippen molar-refractivity contribution in [1.29, 1.82) is 0 Å². The third-order valence-electron chi connectivity index (χ3n) is 4.93. The highest BCUT2D eigenvalue weighted by molar-refractivity contribution is 5.77. The smallest absolute Gasteiger partial charge is 0.222 e. The Labute approximate surface area is 132 Å². The molecule has 0 spiro atoms. The van der Waals surface area contributed by atoms with Crippen molar-refractivity contribution in [3.8, 4) is 0 Å². The first-order valence-electron chi connectivity index (χ1n) is 8.20. The number of carbonyl (C=O) groups is 1. The van der Waals surface area contributed by atoms with Crippen LogP contribution >= 0.6 is 0 Å². The molecule has 2 fully saturated rings. The quantitative estimate of drug-likeness (QED) is 0.797. The SMILES string of the molecule is CN(C)CCN1C(=O)CC[C@@H]2[C@@H]1CCN2Cc1cnn(C)c1. The maximum atomic E-state index is 12.3. The van der Waals surface area contributed by atoms with Crippen LogP contribution in [0.1, 0.15) is 24.8 Å². The van der Waals surface area contributed by atoms with Gasteiger partial charge in [0.25, 0.3) is 0 Å². The summed E-state index contributed by atoms with van der Waals surface area (Å²) >= 11 is 0. The van der Waals surface area contributed by atoms with E-state index in [0.29, 0.717) is 24.4 Å². The number of amides is 1. The number of likely N-dealkylation sites (tertiary alicyclic amines) is 2. The van der Waals surface area contributed by atoms with Gasteiger partial charge in [-0.05, 0) is 26.9 Å². The lowest BCUT2D eigenvalue weighted by Gasteiger charge is -2.40. The molecule has 1 aromatic heterocycles. The maximum absolute atomic E-state index is 12.3. The van der Waals surface area contributed by atoms with Gasteiger partial charge in [-0.25, -0.2) is 0 Å². The van der Waals surface area contributed by atoms with E-state index in [1.165, 1.54) is 5.56 Å². The first-order valence-corrected chi connectivity index (χ1v) is 8.20. The molecule has 3 rings (SSSR count). The number of rotatable bonds is 5. The highest BCUT2D eigenvalue weighted by Crippen LogP contribution is 2.32. The fraction of sp³-hybridized carbons (Fsp3) is 0.750. The molecular weight excluding hydrogens is 278 g/mol. The monoisotopic (exact) mass is 305 g/mol. The van der Waals surface area contributed by atoms with E-state index in [-0.39, 0.29) is 0 Å². The summed E-state index contributed by atoms with van der Waals surface area (Å²) in [6.07, 6.45) is 6.83. The standard InChI is InChI=1S/C16H27N5O/c1-18(2)8-9-21-15-6-7-20(14(15)4-5-16(21)22)12-13-10-17-19(3)11-13/h10-11,14-15H,4-9,12H2,1-3H3/t14-,15+/m1/s1. The topological polar surface area (TPSA) is 44.6 Å². The first-order chi connectivity index (χ1) is 10.5. The van der Waals surface area contributed by atoms with Gasteiger partial charge < -0.3 is 9.80 Å². The van der Waals surface area contributed by atoms with Crippen molar-refractivity contribution in [2.75, 3.05) is 33.7 Å². The molecule has 0 aromatic carbocycles. The molecule has 0 unspecified atom stereocenters. The number of aromatic nitrogens is 2. The molecule has 2 aliphatic heterocycles. The summed E-state index contributed by atoms with van der Waals surface area (Å²) in [7, 11) is 6.09. The van der Waals surface area contributed by atoms with Crippen LogP contribution in [0.4, 0.5) is 0 Å². The number of hydrogen-bond donors (Lipinski definition) is 0. The van der Waals surface area contributed by atoms with Crippen molar-refractivity contribution in [3.63, 3.8) is 0 Å². The van der Waals surface area contributed by atoms with Crippen molar-refractivity contribution in [2.45, 2.75) is 37.9 Å². The Balaban J connectivity index is 1.65. The zero-order valence-electron chi connectivity index (χ0n) is 13.9. The maximum Gasteiger partial charge on any atom is 0.222 e. The van der Waals surface area contributed by atoms with Gasteiger partial charge in [-0.2, -0.15) is 5.10 Å². The molecule has 2 aliphatic rings. The molecule has 6 nitrogen and oxygen atoms in total. The summed E-state index contributed by atoms with van der Waals surface area (Å²) in [5.74, 6) is 0.339. The van der Waals surface area contributed by atoms with Crippen LogP contribution in [0.15, 0.2) is 12.4 Å². The number of aryl methyl sites for hydroxylation is 1. The lowest BCUT2D eigenvalue weighted by atomic mass is 9.96. The lowest BCUT2D eigenvalue weighted by Crippen LogP contribution is -2.53. The van der Waals surface area contributed by atoms with E-state index in [9.17, 15) is 4.79 Å². The highest BCUT2D eigenvalue weighted by atomic mass is 16.2. The predicted octanol–water partition coefficient (Wildman–Crippen LogP) is 0.547. The molecule has 0 bridgehead atoms. The van der Waals surface area contributed by atoms with Gasteiger partial charge in [0.1, 0.15) is 0 Å². The minimum absolute atomic E-state index is 0.339. The van der Waals surface area contributed by atoms with Crippen molar-refractivity contribution < 1.29 is 4.79 Å². The van der Waals surface area contributed by atoms with E-state index in [2.05, 4.69) is 40.1 Å². The highest BCUT2D eigenvalue weighted by Gasteiger charge is 2.42. The number of piperidine rings is 1. The number of likely N-dealkylation sites (N-methyl/N-ethyl adjacent to an activating group) is 1. The average molecular weight is 305 g/mol. The van der Waals surface area contributed by atoms with Crippen molar-refractivity contribution in [2.24, 2.45) is 7.05 Å². The second-order valence-corrected chi connectivity index (χ2v) is 6.85. The summed E-state index contributed by atoms with van der Waals surface area (Å²) in [6, 6.07) is 0.915. The van der Waals surface area contributed by atoms with Gasteiger partial charge in [-0.15, -0.1) is 0 Å². The Morgan fingerprint density at radius 3 is 2.82 bits per heavy atom. The van der Waals surface area contributed by atoms with E-state index in [1.54, 1.807) is 0 Å². The second-order valence-electron chi connectivity index (χ2n) is 6.85. The van der Waals surface area contributed by atoms with Gasteiger partial charge in [0, 0.05) is 63.5 Å². The van der Waals surface area contributed by atoms with Crippen LogP contribution in [-0.4, -0.2) is 76.2 Å². The first kappa shape index (κ1) is 15.5. The van der Waals surface area contributed by atoms with Gasteiger partial charge in [0.2, 0.25) is 5.91 Å². The molecular formula is C16H27N5O. The Kier molecular flexibility index (Phi) is 4.49. The van der Waals surface area contributed by atoms with Crippen molar-refractivity contribution in [3.05, 3.63) is 18.0 Å². The van der Waals surface area contributed by atoms with E-state index in [4.69, 9.17) is 0 Å². The summed E-state index contributed by atoms with van der Waals surface area (Å²) in [5.41, 5.74) is 1.26. The van der Waals surface area contributed by atoms with E-state index < -0.39 is 0 Å². The number of nitrogens with zero attached hydrogens (tertiary/aromatic N) is 5. The van der Waals surface area contributed by atoms with Crippen LogP contribution in [0.25, 0.3) is 0 Å². The van der Waals surface area contributed by atoms with Crippen LogP contribution in [0.2, 0.25) is 0 Å². The molecule has 0 aliphatic carbocycles. The van der Waals surface area contributed by atoms with Crippen LogP contribution in [0.3, 0.4) is 0 Å². The molecule has 0 saturated carbocycles. The molecule has 22 heavy (non-hydrogen) atoms. The summed E-state index contributed by atoms with van der Waals surface area (Å²) in [4.78, 5) is 19.1. The number of carbonyl (C=O) groups excluding carboxylic acids is 1. The minimum Gasteiger partial charge on any atom is -0.337 e. The molecule has 6 heteroatoms. The second kappa shape index (κ2) is 6.38. The third kappa shape index (κ3) is 3.17. The van der Waals surface area contributed by atoms with Crippen LogP contribution in [-0.2, 0) is 18.4 Å². The molecule has 0 radical (unpaired) electrons. The normalized spacial score (nSPS) is 26.0. The molecule has 2 atom stereocenters. The zero-order chi connectivity index (χ0) is 15.7. The predicted molar refractivity (Wildman–Crippen MR) is 85.3 cm³/mol. The largest absolute Gasteiger partial charge is 0.337 e. The summed E-state index contributed by atoms with van der Waals surface area (Å²) < 4.78 is 1.86. The van der Waals surface area contributed by atoms with Crippen LogP contribution in [0.5, 0.6) is 0 Å². The number of hydrogen-bond acceptors (Lipinski definition) is 4. The fourth-order valence-electron chi connectivity index (χ4n) is 3.82. The zero-order valence-corrected chi connectivity index (χ0v) is 13.9. The molecule has 1 aromatic rings. The van der Waals surface area contributed by atoms with Crippen molar-refractivity contribution in [1.82, 2.24) is 24.5 Å². The van der Waals surface area contributed by atoms with Crippen LogP contribution in [0, 0.1) is 0 Å². The summed E-state index contributed by atoms with van der Waals surface area (Å²) in [5, 5.41) is 4.26. The van der Waals surface area contributed by atoms with E-state index in [0.717, 1.165) is 39.0 Å². The van der Waals surface area contributed by atoms with E-state index >= 15 is 0 Å². The van der Waals surface area contributed by atoms with Gasteiger partial charge in [-0.1, -0.05) is 0 Å². The third-order valence-corrected chi connectivity index (χ3v) is 4.93. The molecule has 1 amide bonds. The van der Waals surface area contributed by atoms with Crippen molar-refractivity contribution >= 4 is 5.91 Å². The molecule has 122 valence electrons. The lowest BCUT2D eigenvalue weighted by molar-refractivity contribution is -0.137. The van der Waals surface area contributed by atoms with E-state index in [1.807, 2.05) is 17.9 Å². The average Bonchev–Trinajstić information content (AvgIpc) is 3.05. The Hall–Kier alpha value is -1.40. The van der Waals surface area contributed by atoms with Gasteiger partial charge in [-0.3, -0.25) is 14.4 Å². The molecule has 3 heterocycles. The van der Waals surface area contributed by atoms with Gasteiger partial charge >= 0.3 is 0 Å². The fourth-order valence-corrected chi connectivity index (χ4v) is 3.82. The number of fused-ring (bicyclic) bond motifs is 1. The minimum atomic E-state index is 0.339. The Morgan fingerprint density at radius 1 is 1.32 bits per heavy atom. The van der Waals surface area contributed by atoms with Gasteiger partial charge in [0.15, 0.2) is 0 Å². The van der Waals surface area contributed by atoms with Gasteiger partial charge in [0.05, 0.1) is 6.20 Å².